The minimum Gasteiger partial charge on any atom is -0.480 e. The Kier molecular flexibility index (Phi) is 5.12. The van der Waals surface area contributed by atoms with Gasteiger partial charge in [-0.15, -0.1) is 6.58 Å². The highest BCUT2D eigenvalue weighted by Crippen LogP contribution is 2.29. The first-order valence-electron chi connectivity index (χ1n) is 5.96. The molecule has 0 unspecified atom stereocenters. The number of carboxylic acids is 1. The highest BCUT2D eigenvalue weighted by molar-refractivity contribution is 5.96. The van der Waals surface area contributed by atoms with Crippen LogP contribution in [0.25, 0.3) is 0 Å². The zero-order valence-corrected chi connectivity index (χ0v) is 11.2. The largest absolute Gasteiger partial charge is 0.480 e. The Balaban J connectivity index is 2.83. The molecule has 0 radical (unpaired) electrons. The number of alkyl halides is 3. The summed E-state index contributed by atoms with van der Waals surface area (Å²) in [5, 5.41) is 11.2. The van der Waals surface area contributed by atoms with Gasteiger partial charge in [0.1, 0.15) is 6.04 Å². The Bertz CT molecular complexity index is 550. The van der Waals surface area contributed by atoms with E-state index in [9.17, 15) is 22.8 Å². The van der Waals surface area contributed by atoms with Crippen LogP contribution in [0.3, 0.4) is 0 Å². The molecule has 0 spiro atoms. The van der Waals surface area contributed by atoms with Crippen molar-refractivity contribution in [1.29, 1.82) is 0 Å². The Hall–Kier alpha value is -2.31. The number of carbonyl (C=O) groups is 2. The van der Waals surface area contributed by atoms with E-state index in [-0.39, 0.29) is 12.0 Å². The second-order valence-electron chi connectivity index (χ2n) is 4.60. The standard InChI is InChI=1S/C14H14F3NO3/c1-8(2)7-11(13(20)21)18-12(19)9-3-5-10(6-4-9)14(15,16)17/h3-6,11H,1,7H2,2H3,(H,18,19)(H,20,21)/t11-/m0/s1. The van der Waals surface area contributed by atoms with Gasteiger partial charge in [0.15, 0.2) is 0 Å². The molecule has 0 fully saturated rings. The number of hydrogen-bond acceptors (Lipinski definition) is 2. The van der Waals surface area contributed by atoms with Gasteiger partial charge in [0.25, 0.3) is 5.91 Å². The summed E-state index contributed by atoms with van der Waals surface area (Å²) in [5.41, 5.74) is -0.359. The van der Waals surface area contributed by atoms with E-state index in [0.29, 0.717) is 5.57 Å². The van der Waals surface area contributed by atoms with Crippen molar-refractivity contribution >= 4 is 11.9 Å². The number of rotatable bonds is 5. The van der Waals surface area contributed by atoms with Crippen molar-refractivity contribution in [2.75, 3.05) is 0 Å². The van der Waals surface area contributed by atoms with Gasteiger partial charge in [-0.05, 0) is 37.6 Å². The van der Waals surface area contributed by atoms with Crippen LogP contribution in [-0.4, -0.2) is 23.0 Å². The molecule has 0 aliphatic carbocycles. The van der Waals surface area contributed by atoms with Crippen LogP contribution < -0.4 is 5.32 Å². The SMILES string of the molecule is C=C(C)C[C@H](NC(=O)c1ccc(C(F)(F)F)cc1)C(=O)O. The first kappa shape index (κ1) is 16.7. The van der Waals surface area contributed by atoms with E-state index in [0.717, 1.165) is 24.3 Å². The van der Waals surface area contributed by atoms with Crippen molar-refractivity contribution in [3.05, 3.63) is 47.5 Å². The topological polar surface area (TPSA) is 66.4 Å². The molecule has 0 saturated carbocycles. The van der Waals surface area contributed by atoms with Gasteiger partial charge < -0.3 is 10.4 Å². The number of aliphatic carboxylic acids is 1. The Morgan fingerprint density at radius 3 is 2.19 bits per heavy atom. The normalized spacial score (nSPS) is 12.6. The minimum atomic E-state index is -4.49. The van der Waals surface area contributed by atoms with Crippen molar-refractivity contribution in [3.8, 4) is 0 Å². The molecule has 1 amide bonds. The first-order valence-corrected chi connectivity index (χ1v) is 5.96. The predicted molar refractivity (Wildman–Crippen MR) is 69.8 cm³/mol. The van der Waals surface area contributed by atoms with Crippen molar-refractivity contribution in [3.63, 3.8) is 0 Å². The van der Waals surface area contributed by atoms with Gasteiger partial charge in [0.05, 0.1) is 5.56 Å². The fourth-order valence-electron chi connectivity index (χ4n) is 1.60. The lowest BCUT2D eigenvalue weighted by Crippen LogP contribution is -2.40. The molecule has 2 N–H and O–H groups in total. The van der Waals surface area contributed by atoms with Gasteiger partial charge in [-0.2, -0.15) is 13.2 Å². The molecule has 0 bridgehead atoms. The quantitative estimate of drug-likeness (QED) is 0.822. The van der Waals surface area contributed by atoms with Crippen molar-refractivity contribution in [2.24, 2.45) is 0 Å². The molecular weight excluding hydrogens is 287 g/mol. The summed E-state index contributed by atoms with van der Waals surface area (Å²) in [7, 11) is 0. The third-order valence-electron chi connectivity index (χ3n) is 2.63. The smallest absolute Gasteiger partial charge is 0.416 e. The van der Waals surface area contributed by atoms with E-state index < -0.39 is 29.7 Å². The summed E-state index contributed by atoms with van der Waals surface area (Å²) < 4.78 is 37.2. The van der Waals surface area contributed by atoms with Gasteiger partial charge in [-0.1, -0.05) is 5.57 Å². The maximum absolute atomic E-state index is 12.4. The molecule has 1 aromatic rings. The van der Waals surface area contributed by atoms with E-state index in [1.165, 1.54) is 0 Å². The van der Waals surface area contributed by atoms with Crippen molar-refractivity contribution < 1.29 is 27.9 Å². The molecule has 7 heteroatoms. The number of carboxylic acid groups (broad SMARTS) is 1. The van der Waals surface area contributed by atoms with Crippen LogP contribution in [-0.2, 0) is 11.0 Å². The van der Waals surface area contributed by atoms with E-state index in [2.05, 4.69) is 11.9 Å². The molecule has 0 aromatic heterocycles. The summed E-state index contributed by atoms with van der Waals surface area (Å²) in [6, 6.07) is 2.36. The minimum absolute atomic E-state index is 0.0434. The van der Waals surface area contributed by atoms with E-state index >= 15 is 0 Å². The molecule has 21 heavy (non-hydrogen) atoms. The van der Waals surface area contributed by atoms with Crippen LogP contribution in [0, 0.1) is 0 Å². The molecule has 1 rings (SSSR count). The lowest BCUT2D eigenvalue weighted by atomic mass is 10.1. The van der Waals surface area contributed by atoms with Crippen LogP contribution in [0.5, 0.6) is 0 Å². The third-order valence-corrected chi connectivity index (χ3v) is 2.63. The molecule has 114 valence electrons. The van der Waals surface area contributed by atoms with Gasteiger partial charge in [-0.3, -0.25) is 4.79 Å². The summed E-state index contributed by atoms with van der Waals surface area (Å²) >= 11 is 0. The zero-order chi connectivity index (χ0) is 16.2. The van der Waals surface area contributed by atoms with Crippen LogP contribution in [0.1, 0.15) is 29.3 Å². The second-order valence-corrected chi connectivity index (χ2v) is 4.60. The maximum Gasteiger partial charge on any atom is 0.416 e. The maximum atomic E-state index is 12.4. The average molecular weight is 301 g/mol. The van der Waals surface area contributed by atoms with Crippen LogP contribution in [0.2, 0.25) is 0 Å². The third kappa shape index (κ3) is 4.94. The van der Waals surface area contributed by atoms with Gasteiger partial charge in [0.2, 0.25) is 0 Å². The molecule has 0 aliphatic heterocycles. The highest BCUT2D eigenvalue weighted by Gasteiger charge is 2.30. The number of hydrogen-bond donors (Lipinski definition) is 2. The average Bonchev–Trinajstić information content (AvgIpc) is 2.36. The molecule has 0 aliphatic rings. The highest BCUT2D eigenvalue weighted by atomic mass is 19.4. The van der Waals surface area contributed by atoms with Crippen LogP contribution >= 0.6 is 0 Å². The lowest BCUT2D eigenvalue weighted by Gasteiger charge is -2.14. The number of halogens is 3. The summed E-state index contributed by atoms with van der Waals surface area (Å²) in [5.74, 6) is -1.99. The first-order chi connectivity index (χ1) is 9.61. The number of amides is 1. The summed E-state index contributed by atoms with van der Waals surface area (Å²) in [6.45, 7) is 5.17. The predicted octanol–water partition coefficient (Wildman–Crippen LogP) is 2.85. The molecule has 4 nitrogen and oxygen atoms in total. The number of nitrogens with one attached hydrogen (secondary N) is 1. The Morgan fingerprint density at radius 1 is 1.29 bits per heavy atom. The monoisotopic (exact) mass is 301 g/mol. The molecule has 0 saturated heterocycles. The Labute approximate surface area is 119 Å². The zero-order valence-electron chi connectivity index (χ0n) is 11.2. The molecule has 0 heterocycles. The van der Waals surface area contributed by atoms with Gasteiger partial charge >= 0.3 is 12.1 Å². The van der Waals surface area contributed by atoms with Gasteiger partial charge in [-0.25, -0.2) is 4.79 Å². The van der Waals surface area contributed by atoms with E-state index in [1.807, 2.05) is 0 Å². The fraction of sp³-hybridized carbons (Fsp3) is 0.286. The fourth-order valence-corrected chi connectivity index (χ4v) is 1.60. The van der Waals surface area contributed by atoms with Crippen LogP contribution in [0.15, 0.2) is 36.4 Å². The number of carbonyl (C=O) groups excluding carboxylic acids is 1. The molecule has 1 aromatic carbocycles. The molecule has 1 atom stereocenters. The molecular formula is C14H14F3NO3. The van der Waals surface area contributed by atoms with E-state index in [1.54, 1.807) is 6.92 Å². The van der Waals surface area contributed by atoms with Crippen molar-refractivity contribution in [1.82, 2.24) is 5.32 Å². The van der Waals surface area contributed by atoms with Gasteiger partial charge in [0, 0.05) is 5.56 Å². The lowest BCUT2D eigenvalue weighted by molar-refractivity contribution is -0.139. The van der Waals surface area contributed by atoms with Crippen LogP contribution in [0.4, 0.5) is 13.2 Å². The summed E-state index contributed by atoms with van der Waals surface area (Å²) in [4.78, 5) is 22.8. The second kappa shape index (κ2) is 6.43. The van der Waals surface area contributed by atoms with E-state index in [4.69, 9.17) is 5.11 Å². The Morgan fingerprint density at radius 2 is 1.81 bits per heavy atom. The summed E-state index contributed by atoms with van der Waals surface area (Å²) in [6.07, 6.45) is -4.44. The van der Waals surface area contributed by atoms with Crippen molar-refractivity contribution in [2.45, 2.75) is 25.6 Å². The number of benzene rings is 1.